The Morgan fingerprint density at radius 2 is 2.17 bits per heavy atom. The third-order valence-corrected chi connectivity index (χ3v) is 2.24. The lowest BCUT2D eigenvalue weighted by atomic mass is 9.96. The van der Waals surface area contributed by atoms with Crippen molar-refractivity contribution in [3.05, 3.63) is 0 Å². The molecule has 2 nitrogen and oxygen atoms in total. The molecule has 0 saturated heterocycles. The van der Waals surface area contributed by atoms with Crippen LogP contribution in [0.15, 0.2) is 0 Å². The zero-order chi connectivity index (χ0) is 8.81. The maximum absolute atomic E-state index is 5.60. The van der Waals surface area contributed by atoms with Gasteiger partial charge in [-0.15, -0.1) is 0 Å². The van der Waals surface area contributed by atoms with E-state index in [2.05, 4.69) is 19.2 Å². The van der Waals surface area contributed by atoms with Crippen LogP contribution in [0.25, 0.3) is 0 Å². The summed E-state index contributed by atoms with van der Waals surface area (Å²) in [5, 5.41) is 3.36. The average Bonchev–Trinajstić information content (AvgIpc) is 1.92. The van der Waals surface area contributed by atoms with Crippen LogP contribution >= 0.6 is 0 Å². The Morgan fingerprint density at radius 1 is 1.42 bits per heavy atom. The van der Waals surface area contributed by atoms with Crippen molar-refractivity contribution in [1.82, 2.24) is 5.32 Å². The summed E-state index contributed by atoms with van der Waals surface area (Å²) < 4.78 is 5.60. The Balaban J connectivity index is 1.76. The van der Waals surface area contributed by atoms with E-state index in [4.69, 9.17) is 4.74 Å². The Labute approximate surface area is 75.7 Å². The van der Waals surface area contributed by atoms with E-state index in [0.29, 0.717) is 6.10 Å². The average molecular weight is 171 g/mol. The van der Waals surface area contributed by atoms with Crippen LogP contribution in [0, 0.1) is 5.92 Å². The topological polar surface area (TPSA) is 21.3 Å². The third kappa shape index (κ3) is 4.07. The van der Waals surface area contributed by atoms with Crippen LogP contribution in [0.3, 0.4) is 0 Å². The van der Waals surface area contributed by atoms with Gasteiger partial charge in [-0.1, -0.05) is 13.8 Å². The molecule has 0 atom stereocenters. The summed E-state index contributed by atoms with van der Waals surface area (Å²) in [4.78, 5) is 0. The second-order valence-electron chi connectivity index (χ2n) is 4.02. The van der Waals surface area contributed by atoms with Crippen LogP contribution in [0.2, 0.25) is 0 Å². The fraction of sp³-hybridized carbons (Fsp3) is 1.00. The lowest BCUT2D eigenvalue weighted by Crippen LogP contribution is -2.28. The zero-order valence-electron chi connectivity index (χ0n) is 8.31. The van der Waals surface area contributed by atoms with E-state index in [1.807, 2.05) is 0 Å². The molecule has 2 heteroatoms. The van der Waals surface area contributed by atoms with Crippen molar-refractivity contribution in [3.63, 3.8) is 0 Å². The van der Waals surface area contributed by atoms with Gasteiger partial charge in [0.25, 0.3) is 0 Å². The molecule has 0 aliphatic heterocycles. The summed E-state index contributed by atoms with van der Waals surface area (Å²) in [7, 11) is 0. The fourth-order valence-electron chi connectivity index (χ4n) is 1.23. The van der Waals surface area contributed by atoms with Crippen molar-refractivity contribution >= 4 is 0 Å². The van der Waals surface area contributed by atoms with Gasteiger partial charge in [-0.3, -0.25) is 0 Å². The quantitative estimate of drug-likeness (QED) is 0.615. The molecule has 1 fully saturated rings. The van der Waals surface area contributed by atoms with Gasteiger partial charge in [0.15, 0.2) is 0 Å². The minimum atomic E-state index is 0.589. The third-order valence-electron chi connectivity index (χ3n) is 2.24. The first-order chi connectivity index (χ1) is 5.79. The predicted octanol–water partition coefficient (Wildman–Crippen LogP) is 1.80. The van der Waals surface area contributed by atoms with Crippen LogP contribution < -0.4 is 5.32 Å². The van der Waals surface area contributed by atoms with Crippen molar-refractivity contribution < 1.29 is 4.74 Å². The van der Waals surface area contributed by atoms with E-state index in [9.17, 15) is 0 Å². The van der Waals surface area contributed by atoms with Gasteiger partial charge in [-0.2, -0.15) is 0 Å². The SMILES string of the molecule is CC(C)CNCCOC1CCC1. The number of ether oxygens (including phenoxy) is 1. The van der Waals surface area contributed by atoms with Gasteiger partial charge in [0.05, 0.1) is 12.7 Å². The van der Waals surface area contributed by atoms with Gasteiger partial charge in [-0.05, 0) is 31.7 Å². The van der Waals surface area contributed by atoms with Gasteiger partial charge in [-0.25, -0.2) is 0 Å². The molecule has 1 N–H and O–H groups in total. The van der Waals surface area contributed by atoms with Crippen molar-refractivity contribution in [3.8, 4) is 0 Å². The molecule has 72 valence electrons. The molecule has 1 aliphatic carbocycles. The zero-order valence-corrected chi connectivity index (χ0v) is 8.31. The highest BCUT2D eigenvalue weighted by Gasteiger charge is 2.16. The van der Waals surface area contributed by atoms with Crippen LogP contribution in [-0.4, -0.2) is 25.8 Å². The smallest absolute Gasteiger partial charge is 0.0594 e. The van der Waals surface area contributed by atoms with E-state index in [0.717, 1.165) is 25.6 Å². The lowest BCUT2D eigenvalue weighted by Gasteiger charge is -2.25. The summed E-state index contributed by atoms with van der Waals surface area (Å²) in [6, 6.07) is 0. The molecule has 0 aromatic heterocycles. The first-order valence-corrected chi connectivity index (χ1v) is 5.11. The predicted molar refractivity (Wildman–Crippen MR) is 51.3 cm³/mol. The second kappa shape index (κ2) is 5.55. The lowest BCUT2D eigenvalue weighted by molar-refractivity contribution is 0.00416. The van der Waals surface area contributed by atoms with E-state index >= 15 is 0 Å². The highest BCUT2D eigenvalue weighted by Crippen LogP contribution is 2.21. The van der Waals surface area contributed by atoms with E-state index in [1.54, 1.807) is 0 Å². The molecule has 0 radical (unpaired) electrons. The van der Waals surface area contributed by atoms with Gasteiger partial charge in [0.2, 0.25) is 0 Å². The molecule has 12 heavy (non-hydrogen) atoms. The minimum Gasteiger partial charge on any atom is -0.377 e. The molecule has 0 aromatic carbocycles. The highest BCUT2D eigenvalue weighted by atomic mass is 16.5. The first-order valence-electron chi connectivity index (χ1n) is 5.11. The van der Waals surface area contributed by atoms with Crippen LogP contribution in [0.1, 0.15) is 33.1 Å². The summed E-state index contributed by atoms with van der Waals surface area (Å²) >= 11 is 0. The van der Waals surface area contributed by atoms with E-state index in [1.165, 1.54) is 19.3 Å². The first kappa shape index (κ1) is 10.0. The minimum absolute atomic E-state index is 0.589. The molecule has 0 aromatic rings. The van der Waals surface area contributed by atoms with Crippen molar-refractivity contribution in [2.75, 3.05) is 19.7 Å². The largest absolute Gasteiger partial charge is 0.377 e. The molecule has 1 rings (SSSR count). The van der Waals surface area contributed by atoms with Crippen molar-refractivity contribution in [2.45, 2.75) is 39.2 Å². The Bertz CT molecular complexity index is 110. The molecule has 0 spiro atoms. The molecule has 0 amide bonds. The molecular formula is C10H21NO. The molecule has 0 bridgehead atoms. The highest BCUT2D eigenvalue weighted by molar-refractivity contribution is 4.69. The maximum Gasteiger partial charge on any atom is 0.0594 e. The molecule has 1 aliphatic rings. The van der Waals surface area contributed by atoms with Gasteiger partial charge >= 0.3 is 0 Å². The number of nitrogens with one attached hydrogen (secondary N) is 1. The second-order valence-corrected chi connectivity index (χ2v) is 4.02. The van der Waals surface area contributed by atoms with Crippen molar-refractivity contribution in [1.29, 1.82) is 0 Å². The van der Waals surface area contributed by atoms with E-state index < -0.39 is 0 Å². The Morgan fingerprint density at radius 3 is 2.67 bits per heavy atom. The maximum atomic E-state index is 5.60. The number of hydrogen-bond acceptors (Lipinski definition) is 2. The molecular weight excluding hydrogens is 150 g/mol. The fourth-order valence-corrected chi connectivity index (χ4v) is 1.23. The van der Waals surface area contributed by atoms with Gasteiger partial charge in [0.1, 0.15) is 0 Å². The molecule has 1 saturated carbocycles. The molecule has 0 heterocycles. The van der Waals surface area contributed by atoms with Gasteiger partial charge < -0.3 is 10.1 Å². The normalized spacial score (nSPS) is 18.2. The Hall–Kier alpha value is -0.0800. The van der Waals surface area contributed by atoms with E-state index in [-0.39, 0.29) is 0 Å². The summed E-state index contributed by atoms with van der Waals surface area (Å²) in [5.41, 5.74) is 0. The van der Waals surface area contributed by atoms with Crippen LogP contribution in [0.4, 0.5) is 0 Å². The monoisotopic (exact) mass is 171 g/mol. The molecule has 0 unspecified atom stereocenters. The number of rotatable bonds is 6. The van der Waals surface area contributed by atoms with Gasteiger partial charge in [0, 0.05) is 6.54 Å². The summed E-state index contributed by atoms with van der Waals surface area (Å²) in [6.07, 6.45) is 4.52. The Kier molecular flexibility index (Phi) is 4.62. The van der Waals surface area contributed by atoms with Crippen LogP contribution in [0.5, 0.6) is 0 Å². The number of hydrogen-bond donors (Lipinski definition) is 1. The summed E-state index contributed by atoms with van der Waals surface area (Å²) in [6.45, 7) is 7.44. The standard InChI is InChI=1S/C10H21NO/c1-9(2)8-11-6-7-12-10-4-3-5-10/h9-11H,3-8H2,1-2H3. The van der Waals surface area contributed by atoms with Crippen molar-refractivity contribution in [2.24, 2.45) is 5.92 Å². The summed E-state index contributed by atoms with van der Waals surface area (Å²) in [5.74, 6) is 0.744. The van der Waals surface area contributed by atoms with Crippen LogP contribution in [-0.2, 0) is 4.74 Å².